The van der Waals surface area contributed by atoms with Crippen molar-refractivity contribution in [3.05, 3.63) is 70.8 Å². The lowest BCUT2D eigenvalue weighted by atomic mass is 10.0. The fourth-order valence-electron chi connectivity index (χ4n) is 1.90. The topological polar surface area (TPSA) is 0 Å². The molecular weight excluding hydrogens is 252 g/mol. The van der Waals surface area contributed by atoms with Gasteiger partial charge in [0.15, 0.2) is 0 Å². The minimum atomic E-state index is 0. The molecule has 0 N–H and O–H groups in total. The van der Waals surface area contributed by atoms with Gasteiger partial charge in [-0.2, -0.15) is 0 Å². The summed E-state index contributed by atoms with van der Waals surface area (Å²) in [5.74, 6) is 1.31. The van der Waals surface area contributed by atoms with Crippen LogP contribution in [-0.4, -0.2) is 0 Å². The third-order valence-electron chi connectivity index (χ3n) is 3.49. The molecule has 2 aromatic rings. The summed E-state index contributed by atoms with van der Waals surface area (Å²) in [5, 5.41) is 0. The molecule has 2 aromatic carbocycles. The van der Waals surface area contributed by atoms with Crippen LogP contribution in [0, 0.1) is 13.8 Å². The third-order valence-corrected chi connectivity index (χ3v) is 3.49. The summed E-state index contributed by atoms with van der Waals surface area (Å²) in [6.45, 7) is 13.1. The molecule has 0 nitrogen and oxygen atoms in total. The number of hydrogen-bond acceptors (Lipinski definition) is 0. The number of benzene rings is 2. The highest BCUT2D eigenvalue weighted by Gasteiger charge is 1.96. The van der Waals surface area contributed by atoms with E-state index in [1.54, 1.807) is 0 Å². The summed E-state index contributed by atoms with van der Waals surface area (Å²) in [5.41, 5.74) is 5.52. The van der Waals surface area contributed by atoms with Crippen molar-refractivity contribution < 1.29 is 0 Å². The highest BCUT2D eigenvalue weighted by molar-refractivity contribution is 5.24. The van der Waals surface area contributed by atoms with E-state index in [0.717, 1.165) is 0 Å². The Morgan fingerprint density at radius 1 is 0.524 bits per heavy atom. The van der Waals surface area contributed by atoms with Gasteiger partial charge in [-0.25, -0.2) is 0 Å². The van der Waals surface area contributed by atoms with Crippen LogP contribution in [0.4, 0.5) is 0 Å². The Balaban J connectivity index is 0.000000364. The Morgan fingerprint density at radius 3 is 0.952 bits per heavy atom. The van der Waals surface area contributed by atoms with E-state index in [4.69, 9.17) is 0 Å². The first-order valence-corrected chi connectivity index (χ1v) is 7.53. The molecule has 0 heterocycles. The molecule has 0 saturated heterocycles. The van der Waals surface area contributed by atoms with E-state index in [1.807, 2.05) is 0 Å². The minimum absolute atomic E-state index is 0. The van der Waals surface area contributed by atoms with Crippen molar-refractivity contribution in [2.45, 2.75) is 60.8 Å². The third kappa shape index (κ3) is 7.13. The van der Waals surface area contributed by atoms with E-state index >= 15 is 0 Å². The number of rotatable bonds is 2. The summed E-state index contributed by atoms with van der Waals surface area (Å²) >= 11 is 0. The summed E-state index contributed by atoms with van der Waals surface area (Å²) < 4.78 is 0. The average Bonchev–Trinajstić information content (AvgIpc) is 2.40. The molecule has 0 radical (unpaired) electrons. The SMILES string of the molecule is C.Cc1ccc(C(C)C)cc1.Cc1ccc(C(C)C)cc1. The molecule has 0 spiro atoms. The zero-order valence-corrected chi connectivity index (χ0v) is 13.8. The summed E-state index contributed by atoms with van der Waals surface area (Å²) in [6.07, 6.45) is 0. The maximum atomic E-state index is 2.21. The Hall–Kier alpha value is -1.56. The molecule has 0 saturated carbocycles. The van der Waals surface area contributed by atoms with Crippen LogP contribution in [0.2, 0.25) is 0 Å². The van der Waals surface area contributed by atoms with Crippen LogP contribution >= 0.6 is 0 Å². The van der Waals surface area contributed by atoms with Gasteiger partial charge in [0.2, 0.25) is 0 Å². The molecule has 0 amide bonds. The largest absolute Gasteiger partial charge is 0.0776 e. The molecule has 0 unspecified atom stereocenters. The van der Waals surface area contributed by atoms with Gasteiger partial charge in [0.05, 0.1) is 0 Å². The van der Waals surface area contributed by atoms with Crippen molar-refractivity contribution in [1.29, 1.82) is 0 Å². The zero-order valence-electron chi connectivity index (χ0n) is 13.8. The van der Waals surface area contributed by atoms with Crippen LogP contribution in [-0.2, 0) is 0 Å². The van der Waals surface area contributed by atoms with Crippen LogP contribution < -0.4 is 0 Å². The second-order valence-corrected chi connectivity index (χ2v) is 6.13. The van der Waals surface area contributed by atoms with Crippen molar-refractivity contribution in [3.8, 4) is 0 Å². The maximum absolute atomic E-state index is 2.21. The molecule has 2 rings (SSSR count). The van der Waals surface area contributed by atoms with E-state index in [-0.39, 0.29) is 7.43 Å². The predicted octanol–water partition coefficient (Wildman–Crippen LogP) is 6.87. The van der Waals surface area contributed by atoms with E-state index in [0.29, 0.717) is 11.8 Å². The second-order valence-electron chi connectivity index (χ2n) is 6.13. The van der Waals surface area contributed by atoms with Gasteiger partial charge in [-0.15, -0.1) is 0 Å². The van der Waals surface area contributed by atoms with Gasteiger partial charge >= 0.3 is 0 Å². The standard InChI is InChI=1S/2C10H14.CH4/c2*1-8(2)10-6-4-9(3)5-7-10;/h2*4-8H,1-3H3;1H4. The van der Waals surface area contributed by atoms with Gasteiger partial charge in [-0.1, -0.05) is 94.8 Å². The molecule has 116 valence electrons. The van der Waals surface area contributed by atoms with E-state index in [2.05, 4.69) is 90.1 Å². The Labute approximate surface area is 132 Å². The first-order chi connectivity index (χ1) is 9.40. The fraction of sp³-hybridized carbons (Fsp3) is 0.429. The van der Waals surface area contributed by atoms with Crippen molar-refractivity contribution in [2.75, 3.05) is 0 Å². The molecular formula is C21H32. The number of hydrogen-bond donors (Lipinski definition) is 0. The van der Waals surface area contributed by atoms with Gasteiger partial charge in [0.25, 0.3) is 0 Å². The Kier molecular flexibility index (Phi) is 8.69. The highest BCUT2D eigenvalue weighted by Crippen LogP contribution is 2.14. The second kappa shape index (κ2) is 9.39. The molecule has 0 atom stereocenters. The maximum Gasteiger partial charge on any atom is -0.0219 e. The molecule has 21 heavy (non-hydrogen) atoms. The molecule has 0 bridgehead atoms. The van der Waals surface area contributed by atoms with Crippen molar-refractivity contribution >= 4 is 0 Å². The Morgan fingerprint density at radius 2 is 0.762 bits per heavy atom. The molecule has 0 aliphatic rings. The van der Waals surface area contributed by atoms with E-state index < -0.39 is 0 Å². The molecule has 0 aliphatic heterocycles. The minimum Gasteiger partial charge on any atom is -0.0776 e. The summed E-state index contributed by atoms with van der Waals surface area (Å²) in [6, 6.07) is 17.4. The Bertz CT molecular complexity index is 437. The molecule has 0 aromatic heterocycles. The van der Waals surface area contributed by atoms with Gasteiger partial charge in [0.1, 0.15) is 0 Å². The van der Waals surface area contributed by atoms with Crippen LogP contribution in [0.3, 0.4) is 0 Å². The van der Waals surface area contributed by atoms with Gasteiger partial charge < -0.3 is 0 Å². The van der Waals surface area contributed by atoms with Crippen molar-refractivity contribution in [3.63, 3.8) is 0 Å². The first-order valence-electron chi connectivity index (χ1n) is 7.53. The van der Waals surface area contributed by atoms with Crippen molar-refractivity contribution in [2.24, 2.45) is 0 Å². The summed E-state index contributed by atoms with van der Waals surface area (Å²) in [4.78, 5) is 0. The zero-order chi connectivity index (χ0) is 15.1. The molecule has 0 aliphatic carbocycles. The van der Waals surface area contributed by atoms with Crippen LogP contribution in [0.25, 0.3) is 0 Å². The van der Waals surface area contributed by atoms with Crippen LogP contribution in [0.15, 0.2) is 48.5 Å². The van der Waals surface area contributed by atoms with Crippen LogP contribution in [0.5, 0.6) is 0 Å². The average molecular weight is 284 g/mol. The van der Waals surface area contributed by atoms with Gasteiger partial charge in [-0.3, -0.25) is 0 Å². The molecule has 0 fully saturated rings. The van der Waals surface area contributed by atoms with E-state index in [1.165, 1.54) is 22.3 Å². The van der Waals surface area contributed by atoms with Gasteiger partial charge in [0, 0.05) is 0 Å². The van der Waals surface area contributed by atoms with E-state index in [9.17, 15) is 0 Å². The van der Waals surface area contributed by atoms with Gasteiger partial charge in [-0.05, 0) is 36.8 Å². The normalized spacial score (nSPS) is 9.90. The molecule has 0 heteroatoms. The number of aryl methyl sites for hydroxylation is 2. The van der Waals surface area contributed by atoms with Crippen molar-refractivity contribution in [1.82, 2.24) is 0 Å². The monoisotopic (exact) mass is 284 g/mol. The highest BCUT2D eigenvalue weighted by atomic mass is 14.0. The fourth-order valence-corrected chi connectivity index (χ4v) is 1.90. The quantitative estimate of drug-likeness (QED) is 0.564. The van der Waals surface area contributed by atoms with Crippen LogP contribution in [0.1, 0.15) is 69.2 Å². The first kappa shape index (κ1) is 19.4. The smallest absolute Gasteiger partial charge is 0.0219 e. The summed E-state index contributed by atoms with van der Waals surface area (Å²) in [7, 11) is 0. The lowest BCUT2D eigenvalue weighted by Crippen LogP contribution is -1.85. The lowest BCUT2D eigenvalue weighted by molar-refractivity contribution is 0.866. The predicted molar refractivity (Wildman–Crippen MR) is 97.3 cm³/mol. The lowest BCUT2D eigenvalue weighted by Gasteiger charge is -2.03.